The Kier molecular flexibility index (Phi) is 3.17. The number of carbonyl (C=O) groups excluding carboxylic acids is 1. The summed E-state index contributed by atoms with van der Waals surface area (Å²) in [6.45, 7) is 4.24. The van der Waals surface area contributed by atoms with E-state index >= 15 is 0 Å². The van der Waals surface area contributed by atoms with Crippen molar-refractivity contribution in [1.82, 2.24) is 0 Å². The molecule has 0 saturated heterocycles. The highest BCUT2D eigenvalue weighted by atomic mass is 35.5. The molecule has 0 unspecified atom stereocenters. The van der Waals surface area contributed by atoms with Crippen molar-refractivity contribution >= 4 is 17.4 Å². The second-order valence-electron chi connectivity index (χ2n) is 5.37. The van der Waals surface area contributed by atoms with Crippen molar-refractivity contribution < 1.29 is 9.53 Å². The minimum atomic E-state index is 0.0322. The molecule has 2 rings (SSSR count). The highest BCUT2D eigenvalue weighted by Crippen LogP contribution is 2.39. The van der Waals surface area contributed by atoms with Gasteiger partial charge in [-0.25, -0.2) is 0 Å². The molecular formula is C14H17ClO2. The molecule has 1 aliphatic carbocycles. The van der Waals surface area contributed by atoms with E-state index in [0.717, 1.165) is 24.2 Å². The van der Waals surface area contributed by atoms with Gasteiger partial charge in [-0.15, -0.1) is 0 Å². The summed E-state index contributed by atoms with van der Waals surface area (Å²) < 4.78 is 5.33. The Labute approximate surface area is 107 Å². The van der Waals surface area contributed by atoms with Crippen LogP contribution in [0.1, 0.15) is 42.6 Å². The van der Waals surface area contributed by atoms with Gasteiger partial charge in [0.15, 0.2) is 5.78 Å². The lowest BCUT2D eigenvalue weighted by atomic mass is 9.84. The number of halogens is 1. The number of methoxy groups -OCH3 is 1. The quantitative estimate of drug-likeness (QED) is 0.709. The van der Waals surface area contributed by atoms with E-state index in [1.54, 1.807) is 13.2 Å². The molecule has 0 aromatic heterocycles. The summed E-state index contributed by atoms with van der Waals surface area (Å²) in [5, 5.41) is 0.545. The fraction of sp³-hybridized carbons (Fsp3) is 0.500. The van der Waals surface area contributed by atoms with Crippen LogP contribution in [0.5, 0.6) is 5.75 Å². The summed E-state index contributed by atoms with van der Waals surface area (Å²) in [4.78, 5) is 12.3. The number of hydrogen-bond acceptors (Lipinski definition) is 2. The van der Waals surface area contributed by atoms with Crippen LogP contribution < -0.4 is 4.74 Å². The highest BCUT2D eigenvalue weighted by Gasteiger charge is 2.31. The van der Waals surface area contributed by atoms with Crippen molar-refractivity contribution in [1.29, 1.82) is 0 Å². The van der Waals surface area contributed by atoms with Crippen molar-refractivity contribution in [2.45, 2.75) is 33.1 Å². The predicted octanol–water partition coefficient (Wildman–Crippen LogP) is 3.89. The molecule has 2 nitrogen and oxygen atoms in total. The number of benzene rings is 1. The third kappa shape index (κ3) is 2.32. The molecule has 0 N–H and O–H groups in total. The Morgan fingerprint density at radius 3 is 2.71 bits per heavy atom. The standard InChI is InChI=1S/C14H17ClO2/c1-14(2)7-6-9-12(17-3)5-4-10(15)13(9)11(16)8-14/h4-5H,6-8H2,1-3H3. The lowest BCUT2D eigenvalue weighted by Gasteiger charge is -2.20. The van der Waals surface area contributed by atoms with Crippen LogP contribution in [-0.2, 0) is 6.42 Å². The maximum atomic E-state index is 12.3. The smallest absolute Gasteiger partial charge is 0.165 e. The number of ketones is 1. The van der Waals surface area contributed by atoms with Crippen molar-refractivity contribution in [3.8, 4) is 5.75 Å². The molecule has 0 amide bonds. The summed E-state index contributed by atoms with van der Waals surface area (Å²) in [6, 6.07) is 3.59. The van der Waals surface area contributed by atoms with Gasteiger partial charge < -0.3 is 4.74 Å². The maximum Gasteiger partial charge on any atom is 0.165 e. The minimum Gasteiger partial charge on any atom is -0.496 e. The summed E-state index contributed by atoms with van der Waals surface area (Å²) in [5.74, 6) is 0.904. The third-order valence-corrected chi connectivity index (χ3v) is 3.72. The average Bonchev–Trinajstić information content (AvgIpc) is 2.36. The molecule has 0 heterocycles. The van der Waals surface area contributed by atoms with Crippen LogP contribution in [0.2, 0.25) is 5.02 Å². The van der Waals surface area contributed by atoms with E-state index in [1.807, 2.05) is 6.07 Å². The van der Waals surface area contributed by atoms with Gasteiger partial charge in [0.05, 0.1) is 12.1 Å². The van der Waals surface area contributed by atoms with E-state index in [-0.39, 0.29) is 11.2 Å². The monoisotopic (exact) mass is 252 g/mol. The number of hydrogen-bond donors (Lipinski definition) is 0. The molecule has 0 atom stereocenters. The fourth-order valence-electron chi connectivity index (χ4n) is 2.42. The van der Waals surface area contributed by atoms with Crippen LogP contribution in [-0.4, -0.2) is 12.9 Å². The van der Waals surface area contributed by atoms with E-state index in [0.29, 0.717) is 17.0 Å². The molecule has 1 aromatic carbocycles. The Morgan fingerprint density at radius 2 is 2.06 bits per heavy atom. The molecular weight excluding hydrogens is 236 g/mol. The molecule has 0 spiro atoms. The first-order valence-electron chi connectivity index (χ1n) is 5.83. The third-order valence-electron chi connectivity index (χ3n) is 3.41. The number of rotatable bonds is 1. The number of Topliss-reactive ketones (excluding diaryl/α,β-unsaturated/α-hetero) is 1. The lowest BCUT2D eigenvalue weighted by Crippen LogP contribution is -2.14. The second-order valence-corrected chi connectivity index (χ2v) is 5.77. The average molecular weight is 253 g/mol. The molecule has 92 valence electrons. The molecule has 0 bridgehead atoms. The summed E-state index contributed by atoms with van der Waals surface area (Å²) in [6.07, 6.45) is 2.37. The molecule has 1 aromatic rings. The Hall–Kier alpha value is -1.02. The van der Waals surface area contributed by atoms with E-state index in [1.165, 1.54) is 0 Å². The van der Waals surface area contributed by atoms with Gasteiger partial charge in [-0.1, -0.05) is 25.4 Å². The van der Waals surface area contributed by atoms with Gasteiger partial charge in [-0.3, -0.25) is 4.79 Å². The van der Waals surface area contributed by atoms with Gasteiger partial charge in [0.25, 0.3) is 0 Å². The number of ether oxygens (including phenoxy) is 1. The molecule has 1 aliphatic rings. The molecule has 0 radical (unpaired) electrons. The van der Waals surface area contributed by atoms with Crippen molar-refractivity contribution in [2.75, 3.05) is 7.11 Å². The molecule has 17 heavy (non-hydrogen) atoms. The van der Waals surface area contributed by atoms with Crippen LogP contribution in [0, 0.1) is 5.41 Å². The summed E-state index contributed by atoms with van der Waals surface area (Å²) >= 11 is 6.16. The van der Waals surface area contributed by atoms with Crippen molar-refractivity contribution in [3.05, 3.63) is 28.3 Å². The Morgan fingerprint density at radius 1 is 1.35 bits per heavy atom. The van der Waals surface area contributed by atoms with Crippen LogP contribution >= 0.6 is 11.6 Å². The first-order chi connectivity index (χ1) is 7.94. The first kappa shape index (κ1) is 12.4. The van der Waals surface area contributed by atoms with E-state index in [4.69, 9.17) is 16.3 Å². The van der Waals surface area contributed by atoms with E-state index in [9.17, 15) is 4.79 Å². The zero-order valence-electron chi connectivity index (χ0n) is 10.5. The van der Waals surface area contributed by atoms with Crippen LogP contribution in [0.15, 0.2) is 12.1 Å². The molecule has 3 heteroatoms. The zero-order chi connectivity index (χ0) is 12.6. The Bertz CT molecular complexity index is 464. The second kappa shape index (κ2) is 4.34. The van der Waals surface area contributed by atoms with Crippen LogP contribution in [0.4, 0.5) is 0 Å². The van der Waals surface area contributed by atoms with Gasteiger partial charge in [0.1, 0.15) is 5.75 Å². The van der Waals surface area contributed by atoms with Gasteiger partial charge >= 0.3 is 0 Å². The molecule has 0 aliphatic heterocycles. The predicted molar refractivity (Wildman–Crippen MR) is 69.1 cm³/mol. The largest absolute Gasteiger partial charge is 0.496 e. The summed E-state index contributed by atoms with van der Waals surface area (Å²) in [5.41, 5.74) is 1.66. The molecule has 0 saturated carbocycles. The first-order valence-corrected chi connectivity index (χ1v) is 6.21. The fourth-order valence-corrected chi connectivity index (χ4v) is 2.70. The van der Waals surface area contributed by atoms with E-state index in [2.05, 4.69) is 13.8 Å². The van der Waals surface area contributed by atoms with E-state index < -0.39 is 0 Å². The minimum absolute atomic E-state index is 0.0322. The van der Waals surface area contributed by atoms with Crippen molar-refractivity contribution in [3.63, 3.8) is 0 Å². The van der Waals surface area contributed by atoms with Gasteiger partial charge in [0, 0.05) is 17.5 Å². The number of fused-ring (bicyclic) bond motifs is 1. The molecule has 0 fully saturated rings. The Balaban J connectivity index is 2.57. The van der Waals surface area contributed by atoms with Crippen LogP contribution in [0.25, 0.3) is 0 Å². The maximum absolute atomic E-state index is 12.3. The topological polar surface area (TPSA) is 26.3 Å². The highest BCUT2D eigenvalue weighted by molar-refractivity contribution is 6.34. The lowest BCUT2D eigenvalue weighted by molar-refractivity contribution is 0.0934. The number of carbonyl (C=O) groups is 1. The zero-order valence-corrected chi connectivity index (χ0v) is 11.2. The SMILES string of the molecule is COc1ccc(Cl)c2c1CCC(C)(C)CC2=O. The van der Waals surface area contributed by atoms with Crippen LogP contribution in [0.3, 0.4) is 0 Å². The normalized spacial score (nSPS) is 18.5. The van der Waals surface area contributed by atoms with Gasteiger partial charge in [-0.2, -0.15) is 0 Å². The van der Waals surface area contributed by atoms with Gasteiger partial charge in [0.2, 0.25) is 0 Å². The summed E-state index contributed by atoms with van der Waals surface area (Å²) in [7, 11) is 1.63. The van der Waals surface area contributed by atoms with Gasteiger partial charge in [-0.05, 0) is 30.4 Å². The van der Waals surface area contributed by atoms with Crippen molar-refractivity contribution in [2.24, 2.45) is 5.41 Å².